The van der Waals surface area contributed by atoms with Gasteiger partial charge in [-0.25, -0.2) is 4.79 Å². The minimum atomic E-state index is -0.110. The molecular weight excluding hydrogens is 350 g/mol. The van der Waals surface area contributed by atoms with Gasteiger partial charge in [-0.1, -0.05) is 60.7 Å². The summed E-state index contributed by atoms with van der Waals surface area (Å²) in [5, 5.41) is 3.31. The molecule has 0 saturated carbocycles. The second-order valence-electron chi connectivity index (χ2n) is 7.57. The van der Waals surface area contributed by atoms with Crippen molar-refractivity contribution in [2.24, 2.45) is 0 Å². The maximum absolute atomic E-state index is 12.9. The maximum atomic E-state index is 12.9. The third-order valence-electron chi connectivity index (χ3n) is 5.57. The van der Waals surface area contributed by atoms with Crippen molar-refractivity contribution in [1.82, 2.24) is 15.1 Å². The highest BCUT2D eigenvalue weighted by atomic mass is 16.5. The SMILES string of the molecule is O=C(N1CCNCC1)N1CCCC(OC(c2ccccc2)c2ccccc2)C1. The Labute approximate surface area is 167 Å². The average Bonchev–Trinajstić information content (AvgIpc) is 2.79. The number of hydrogen-bond acceptors (Lipinski definition) is 3. The first kappa shape index (κ1) is 19.0. The summed E-state index contributed by atoms with van der Waals surface area (Å²) in [5.41, 5.74) is 2.30. The molecule has 2 aliphatic heterocycles. The van der Waals surface area contributed by atoms with E-state index in [1.807, 2.05) is 21.9 Å². The van der Waals surface area contributed by atoms with Gasteiger partial charge in [0.05, 0.1) is 6.10 Å². The molecule has 0 spiro atoms. The Bertz CT molecular complexity index is 707. The van der Waals surface area contributed by atoms with Crippen LogP contribution in [0.1, 0.15) is 30.1 Å². The highest BCUT2D eigenvalue weighted by Crippen LogP contribution is 2.29. The third kappa shape index (κ3) is 4.54. The molecular formula is C23H29N3O2. The molecule has 0 aliphatic carbocycles. The van der Waals surface area contributed by atoms with Gasteiger partial charge in [-0.3, -0.25) is 0 Å². The van der Waals surface area contributed by atoms with Crippen LogP contribution in [0.25, 0.3) is 0 Å². The molecule has 4 rings (SSSR count). The molecule has 1 unspecified atom stereocenters. The molecule has 1 N–H and O–H groups in total. The zero-order valence-corrected chi connectivity index (χ0v) is 16.3. The van der Waals surface area contributed by atoms with E-state index in [9.17, 15) is 4.79 Å². The fourth-order valence-electron chi connectivity index (χ4n) is 4.08. The van der Waals surface area contributed by atoms with Crippen molar-refractivity contribution in [2.75, 3.05) is 39.3 Å². The second-order valence-corrected chi connectivity index (χ2v) is 7.57. The molecule has 2 saturated heterocycles. The molecule has 2 aliphatic rings. The van der Waals surface area contributed by atoms with Crippen molar-refractivity contribution in [2.45, 2.75) is 25.0 Å². The number of carbonyl (C=O) groups is 1. The number of carbonyl (C=O) groups excluding carboxylic acids is 1. The van der Waals surface area contributed by atoms with Gasteiger partial charge in [0, 0.05) is 39.3 Å². The Kier molecular flexibility index (Phi) is 6.24. The van der Waals surface area contributed by atoms with Crippen molar-refractivity contribution in [1.29, 1.82) is 0 Å². The molecule has 2 fully saturated rings. The van der Waals surface area contributed by atoms with E-state index in [0.717, 1.165) is 56.7 Å². The number of nitrogens with one attached hydrogen (secondary N) is 1. The number of urea groups is 1. The summed E-state index contributed by atoms with van der Waals surface area (Å²) in [6.07, 6.45) is 1.91. The van der Waals surface area contributed by atoms with E-state index in [-0.39, 0.29) is 18.2 Å². The van der Waals surface area contributed by atoms with E-state index in [1.54, 1.807) is 0 Å². The van der Waals surface area contributed by atoms with Crippen LogP contribution in [0.2, 0.25) is 0 Å². The van der Waals surface area contributed by atoms with Gasteiger partial charge < -0.3 is 19.9 Å². The molecule has 28 heavy (non-hydrogen) atoms. The fourth-order valence-corrected chi connectivity index (χ4v) is 4.08. The van der Waals surface area contributed by atoms with Gasteiger partial charge in [0.25, 0.3) is 0 Å². The van der Waals surface area contributed by atoms with E-state index in [2.05, 4.69) is 53.8 Å². The molecule has 2 aromatic carbocycles. The summed E-state index contributed by atoms with van der Waals surface area (Å²) in [6.45, 7) is 4.82. The average molecular weight is 380 g/mol. The first-order chi connectivity index (χ1) is 13.8. The zero-order valence-electron chi connectivity index (χ0n) is 16.3. The van der Waals surface area contributed by atoms with Crippen LogP contribution in [-0.2, 0) is 4.74 Å². The van der Waals surface area contributed by atoms with Crippen LogP contribution in [0.4, 0.5) is 4.79 Å². The lowest BCUT2D eigenvalue weighted by Crippen LogP contribution is -2.54. The lowest BCUT2D eigenvalue weighted by molar-refractivity contribution is -0.0280. The number of piperazine rings is 1. The molecule has 2 aromatic rings. The molecule has 0 bridgehead atoms. The normalized spacial score (nSPS) is 20.4. The molecule has 0 aromatic heterocycles. The number of hydrogen-bond donors (Lipinski definition) is 1. The largest absolute Gasteiger partial charge is 0.364 e. The number of piperidine rings is 1. The van der Waals surface area contributed by atoms with Gasteiger partial charge in [-0.2, -0.15) is 0 Å². The summed E-state index contributed by atoms with van der Waals surface area (Å²) < 4.78 is 6.61. The van der Waals surface area contributed by atoms with Crippen LogP contribution in [0, 0.1) is 0 Å². The highest BCUT2D eigenvalue weighted by Gasteiger charge is 2.30. The van der Waals surface area contributed by atoms with E-state index in [4.69, 9.17) is 4.74 Å². The Morgan fingerprint density at radius 1 is 0.893 bits per heavy atom. The van der Waals surface area contributed by atoms with Gasteiger partial charge in [0.15, 0.2) is 0 Å². The van der Waals surface area contributed by atoms with Crippen LogP contribution < -0.4 is 5.32 Å². The molecule has 5 heteroatoms. The van der Waals surface area contributed by atoms with Crippen LogP contribution >= 0.6 is 0 Å². The first-order valence-corrected chi connectivity index (χ1v) is 10.3. The van der Waals surface area contributed by atoms with Crippen LogP contribution in [0.5, 0.6) is 0 Å². The van der Waals surface area contributed by atoms with Gasteiger partial charge in [0.1, 0.15) is 6.10 Å². The Hall–Kier alpha value is -2.37. The molecule has 2 amide bonds. The molecule has 5 nitrogen and oxygen atoms in total. The van der Waals surface area contributed by atoms with Crippen molar-refractivity contribution >= 4 is 6.03 Å². The van der Waals surface area contributed by atoms with Crippen LogP contribution in [-0.4, -0.2) is 61.2 Å². The molecule has 1 atom stereocenters. The van der Waals surface area contributed by atoms with Crippen molar-refractivity contribution in [3.8, 4) is 0 Å². The maximum Gasteiger partial charge on any atom is 0.320 e. The minimum absolute atomic E-state index is 0.0472. The van der Waals surface area contributed by atoms with Crippen molar-refractivity contribution in [3.05, 3.63) is 71.8 Å². The molecule has 0 radical (unpaired) electrons. The Balaban J connectivity index is 1.46. The van der Waals surface area contributed by atoms with E-state index >= 15 is 0 Å². The summed E-state index contributed by atoms with van der Waals surface area (Å²) in [6, 6.07) is 20.9. The van der Waals surface area contributed by atoms with E-state index in [1.165, 1.54) is 0 Å². The molecule has 148 valence electrons. The zero-order chi connectivity index (χ0) is 19.2. The van der Waals surface area contributed by atoms with Gasteiger partial charge in [-0.05, 0) is 24.0 Å². The third-order valence-corrected chi connectivity index (χ3v) is 5.57. The summed E-state index contributed by atoms with van der Waals surface area (Å²) in [4.78, 5) is 16.8. The summed E-state index contributed by atoms with van der Waals surface area (Å²) >= 11 is 0. The quantitative estimate of drug-likeness (QED) is 0.887. The highest BCUT2D eigenvalue weighted by molar-refractivity contribution is 5.74. The van der Waals surface area contributed by atoms with Gasteiger partial charge in [-0.15, -0.1) is 0 Å². The van der Waals surface area contributed by atoms with Gasteiger partial charge >= 0.3 is 6.03 Å². The van der Waals surface area contributed by atoms with E-state index < -0.39 is 0 Å². The number of ether oxygens (including phenoxy) is 1. The molecule has 2 heterocycles. The lowest BCUT2D eigenvalue weighted by Gasteiger charge is -2.38. The van der Waals surface area contributed by atoms with Crippen molar-refractivity contribution < 1.29 is 9.53 Å². The monoisotopic (exact) mass is 379 g/mol. The van der Waals surface area contributed by atoms with Crippen LogP contribution in [0.15, 0.2) is 60.7 Å². The summed E-state index contributed by atoms with van der Waals surface area (Å²) in [5.74, 6) is 0. The summed E-state index contributed by atoms with van der Waals surface area (Å²) in [7, 11) is 0. The van der Waals surface area contributed by atoms with E-state index in [0.29, 0.717) is 6.54 Å². The standard InChI is InChI=1S/C23H29N3O2/c27-23(25-16-13-24-14-17-25)26-15-7-12-21(18-26)28-22(19-8-3-1-4-9-19)20-10-5-2-6-11-20/h1-6,8-11,21-22,24H,7,12-18H2. The predicted molar refractivity (Wildman–Crippen MR) is 110 cm³/mol. The minimum Gasteiger partial charge on any atom is -0.364 e. The van der Waals surface area contributed by atoms with Gasteiger partial charge in [0.2, 0.25) is 0 Å². The smallest absolute Gasteiger partial charge is 0.320 e. The second kappa shape index (κ2) is 9.22. The number of amides is 2. The lowest BCUT2D eigenvalue weighted by atomic mass is 10.0. The topological polar surface area (TPSA) is 44.8 Å². The number of benzene rings is 2. The number of rotatable bonds is 4. The Morgan fingerprint density at radius 2 is 1.50 bits per heavy atom. The van der Waals surface area contributed by atoms with Crippen LogP contribution in [0.3, 0.4) is 0 Å². The van der Waals surface area contributed by atoms with Crippen molar-refractivity contribution in [3.63, 3.8) is 0 Å². The predicted octanol–water partition coefficient (Wildman–Crippen LogP) is 3.28. The first-order valence-electron chi connectivity index (χ1n) is 10.3. The number of nitrogens with zero attached hydrogens (tertiary/aromatic N) is 2. The fraction of sp³-hybridized carbons (Fsp3) is 0.435. The number of likely N-dealkylation sites (tertiary alicyclic amines) is 1. The Morgan fingerprint density at radius 3 is 2.11 bits per heavy atom.